The van der Waals surface area contributed by atoms with E-state index in [1.54, 1.807) is 0 Å². The van der Waals surface area contributed by atoms with Crippen LogP contribution in [0.2, 0.25) is 5.02 Å². The molecule has 0 bridgehead atoms. The fourth-order valence-corrected chi connectivity index (χ4v) is 2.50. The van der Waals surface area contributed by atoms with Gasteiger partial charge in [0, 0.05) is 5.56 Å². The van der Waals surface area contributed by atoms with Crippen molar-refractivity contribution in [3.05, 3.63) is 52.5 Å². The first-order valence-corrected chi connectivity index (χ1v) is 8.38. The summed E-state index contributed by atoms with van der Waals surface area (Å²) in [6.07, 6.45) is -3.80. The number of nitrogens with one attached hydrogen (secondary N) is 2. The van der Waals surface area contributed by atoms with E-state index in [1.807, 2.05) is 6.92 Å². The summed E-state index contributed by atoms with van der Waals surface area (Å²) in [4.78, 5) is 12.3. The van der Waals surface area contributed by atoms with Crippen molar-refractivity contribution < 1.29 is 27.4 Å². The highest BCUT2D eigenvalue weighted by molar-refractivity contribution is 6.32. The lowest BCUT2D eigenvalue weighted by Gasteiger charge is -2.16. The molecule has 0 aliphatic carbocycles. The Morgan fingerprint density at radius 3 is 2.56 bits per heavy atom. The van der Waals surface area contributed by atoms with Gasteiger partial charge in [-0.3, -0.25) is 15.6 Å². The van der Waals surface area contributed by atoms with E-state index >= 15 is 0 Å². The molecule has 0 fully saturated rings. The average molecular weight is 403 g/mol. The molecular weight excluding hydrogens is 385 g/mol. The second-order valence-electron chi connectivity index (χ2n) is 5.46. The standard InChI is InChI=1S/C18H18ClF3N2O3/c1-3-8-27-16-13(19)9-11(10-15(16)26-2)17(25)24-23-14-7-5-4-6-12(14)18(20,21)22/h4-7,9-10,23H,3,8H2,1-2H3,(H,24,25). The van der Waals surface area contributed by atoms with E-state index in [4.69, 9.17) is 21.1 Å². The number of rotatable bonds is 7. The Hall–Kier alpha value is -2.61. The number of alkyl halides is 3. The second kappa shape index (κ2) is 8.85. The van der Waals surface area contributed by atoms with Gasteiger partial charge in [-0.05, 0) is 30.7 Å². The summed E-state index contributed by atoms with van der Waals surface area (Å²) in [5.41, 5.74) is 3.43. The van der Waals surface area contributed by atoms with Gasteiger partial charge in [0.25, 0.3) is 5.91 Å². The summed E-state index contributed by atoms with van der Waals surface area (Å²) < 4.78 is 49.7. The summed E-state index contributed by atoms with van der Waals surface area (Å²) in [7, 11) is 1.39. The van der Waals surface area contributed by atoms with Gasteiger partial charge in [-0.1, -0.05) is 30.7 Å². The minimum Gasteiger partial charge on any atom is -0.493 e. The van der Waals surface area contributed by atoms with Crippen molar-refractivity contribution in [1.82, 2.24) is 5.43 Å². The van der Waals surface area contributed by atoms with E-state index in [2.05, 4.69) is 10.9 Å². The van der Waals surface area contributed by atoms with Crippen molar-refractivity contribution in [2.45, 2.75) is 19.5 Å². The number of anilines is 1. The van der Waals surface area contributed by atoms with Gasteiger partial charge in [-0.25, -0.2) is 0 Å². The molecular formula is C18H18ClF3N2O3. The molecule has 0 aliphatic rings. The number of benzene rings is 2. The third-order valence-corrected chi connectivity index (χ3v) is 3.77. The van der Waals surface area contributed by atoms with Crippen molar-refractivity contribution in [3.8, 4) is 11.5 Å². The summed E-state index contributed by atoms with van der Waals surface area (Å²) in [5.74, 6) is -0.140. The van der Waals surface area contributed by atoms with Crippen LogP contribution in [0, 0.1) is 0 Å². The van der Waals surface area contributed by atoms with Gasteiger partial charge in [0.1, 0.15) is 0 Å². The van der Waals surface area contributed by atoms with Crippen molar-refractivity contribution >= 4 is 23.2 Å². The maximum Gasteiger partial charge on any atom is 0.418 e. The zero-order chi connectivity index (χ0) is 20.0. The predicted molar refractivity (Wildman–Crippen MR) is 96.3 cm³/mol. The molecule has 0 atom stereocenters. The summed E-state index contributed by atoms with van der Waals surface area (Å²) in [6.45, 7) is 2.34. The Labute approximate surface area is 159 Å². The SMILES string of the molecule is CCCOc1c(Cl)cc(C(=O)NNc2ccccc2C(F)(F)F)cc1OC. The maximum absolute atomic E-state index is 13.0. The maximum atomic E-state index is 13.0. The molecule has 1 amide bonds. The number of hydrogen-bond acceptors (Lipinski definition) is 4. The van der Waals surface area contributed by atoms with E-state index in [-0.39, 0.29) is 22.0 Å². The lowest BCUT2D eigenvalue weighted by Crippen LogP contribution is -2.30. The first-order valence-electron chi connectivity index (χ1n) is 8.00. The molecule has 0 saturated carbocycles. The van der Waals surface area contributed by atoms with Crippen LogP contribution in [0.15, 0.2) is 36.4 Å². The minimum absolute atomic E-state index is 0.0951. The number of ether oxygens (including phenoxy) is 2. The van der Waals surface area contributed by atoms with E-state index in [9.17, 15) is 18.0 Å². The zero-order valence-corrected chi connectivity index (χ0v) is 15.4. The Kier molecular flexibility index (Phi) is 6.79. The summed E-state index contributed by atoms with van der Waals surface area (Å²) >= 11 is 6.14. The molecule has 2 N–H and O–H groups in total. The van der Waals surface area contributed by atoms with Gasteiger partial charge in [0.05, 0.1) is 30.0 Å². The van der Waals surface area contributed by atoms with Crippen LogP contribution in [0.25, 0.3) is 0 Å². The van der Waals surface area contributed by atoms with Gasteiger partial charge in [0.2, 0.25) is 0 Å². The molecule has 2 aromatic rings. The van der Waals surface area contributed by atoms with Gasteiger partial charge in [0.15, 0.2) is 11.5 Å². The van der Waals surface area contributed by atoms with Crippen LogP contribution >= 0.6 is 11.6 Å². The molecule has 0 heterocycles. The van der Waals surface area contributed by atoms with Crippen LogP contribution in [0.1, 0.15) is 29.3 Å². The average Bonchev–Trinajstić information content (AvgIpc) is 2.64. The number of carbonyl (C=O) groups is 1. The largest absolute Gasteiger partial charge is 0.493 e. The van der Waals surface area contributed by atoms with Gasteiger partial charge >= 0.3 is 6.18 Å². The van der Waals surface area contributed by atoms with Crippen molar-refractivity contribution in [2.75, 3.05) is 19.1 Å². The molecule has 2 aromatic carbocycles. The topological polar surface area (TPSA) is 59.6 Å². The minimum atomic E-state index is -4.56. The molecule has 0 unspecified atom stereocenters. The number of hydrogen-bond donors (Lipinski definition) is 2. The third-order valence-electron chi connectivity index (χ3n) is 3.49. The highest BCUT2D eigenvalue weighted by Gasteiger charge is 2.33. The van der Waals surface area contributed by atoms with Gasteiger partial charge in [-0.15, -0.1) is 0 Å². The Bertz CT molecular complexity index is 813. The lowest BCUT2D eigenvalue weighted by atomic mass is 10.1. The summed E-state index contributed by atoms with van der Waals surface area (Å²) in [5, 5.41) is 0.156. The molecule has 0 aliphatic heterocycles. The van der Waals surface area contributed by atoms with E-state index in [0.29, 0.717) is 12.4 Å². The lowest BCUT2D eigenvalue weighted by molar-refractivity contribution is -0.137. The number of para-hydroxylation sites is 1. The molecule has 5 nitrogen and oxygen atoms in total. The highest BCUT2D eigenvalue weighted by Crippen LogP contribution is 2.37. The van der Waals surface area contributed by atoms with Crippen molar-refractivity contribution in [1.29, 1.82) is 0 Å². The molecule has 2 rings (SSSR count). The molecule has 0 aromatic heterocycles. The Balaban J connectivity index is 2.19. The monoisotopic (exact) mass is 402 g/mol. The van der Waals surface area contributed by atoms with E-state index in [0.717, 1.165) is 12.5 Å². The highest BCUT2D eigenvalue weighted by atomic mass is 35.5. The van der Waals surface area contributed by atoms with Crippen LogP contribution in [0.3, 0.4) is 0 Å². The fraction of sp³-hybridized carbons (Fsp3) is 0.278. The first kappa shape index (κ1) is 20.7. The normalized spacial score (nSPS) is 11.0. The quantitative estimate of drug-likeness (QED) is 0.646. The van der Waals surface area contributed by atoms with Gasteiger partial charge in [-0.2, -0.15) is 13.2 Å². The van der Waals surface area contributed by atoms with Crippen LogP contribution in [0.5, 0.6) is 11.5 Å². The van der Waals surface area contributed by atoms with Crippen LogP contribution in [-0.4, -0.2) is 19.6 Å². The number of amides is 1. The second-order valence-corrected chi connectivity index (χ2v) is 5.87. The van der Waals surface area contributed by atoms with Gasteiger partial charge < -0.3 is 9.47 Å². The molecule has 0 radical (unpaired) electrons. The number of halogens is 4. The van der Waals surface area contributed by atoms with Crippen LogP contribution in [0.4, 0.5) is 18.9 Å². The predicted octanol–water partition coefficient (Wildman–Crippen LogP) is 4.91. The van der Waals surface area contributed by atoms with E-state index < -0.39 is 17.6 Å². The van der Waals surface area contributed by atoms with Crippen LogP contribution in [-0.2, 0) is 6.18 Å². The smallest absolute Gasteiger partial charge is 0.418 e. The Morgan fingerprint density at radius 2 is 1.93 bits per heavy atom. The van der Waals surface area contributed by atoms with Crippen molar-refractivity contribution in [3.63, 3.8) is 0 Å². The zero-order valence-electron chi connectivity index (χ0n) is 14.6. The molecule has 146 valence electrons. The molecule has 0 spiro atoms. The Morgan fingerprint density at radius 1 is 1.22 bits per heavy atom. The first-order chi connectivity index (χ1) is 12.8. The number of carbonyl (C=O) groups excluding carboxylic acids is 1. The molecule has 27 heavy (non-hydrogen) atoms. The van der Waals surface area contributed by atoms with E-state index in [1.165, 1.54) is 37.4 Å². The molecule has 0 saturated heterocycles. The summed E-state index contributed by atoms with van der Waals surface area (Å²) in [6, 6.07) is 7.54. The number of hydrazine groups is 1. The third kappa shape index (κ3) is 5.19. The van der Waals surface area contributed by atoms with Crippen LogP contribution < -0.4 is 20.3 Å². The number of methoxy groups -OCH3 is 1. The molecule has 9 heteroatoms. The van der Waals surface area contributed by atoms with Crippen molar-refractivity contribution in [2.24, 2.45) is 0 Å². The fourth-order valence-electron chi connectivity index (χ4n) is 2.23.